The molecule has 0 aliphatic carbocycles. The number of hydrogen-bond acceptors (Lipinski definition) is 4. The Morgan fingerprint density at radius 1 is 1.41 bits per heavy atom. The van der Waals surface area contributed by atoms with Crippen LogP contribution in [-0.4, -0.2) is 29.9 Å². The molecule has 0 fully saturated rings. The van der Waals surface area contributed by atoms with Gasteiger partial charge in [-0.3, -0.25) is 9.52 Å². The number of nitrogens with one attached hydrogen (secondary N) is 2. The van der Waals surface area contributed by atoms with Gasteiger partial charge in [-0.25, -0.2) is 22.2 Å². The van der Waals surface area contributed by atoms with E-state index in [1.165, 1.54) is 11.6 Å². The lowest BCUT2D eigenvalue weighted by Crippen LogP contribution is -2.18. The molecule has 0 saturated heterocycles. The van der Waals surface area contributed by atoms with Crippen molar-refractivity contribution in [1.29, 1.82) is 0 Å². The first kappa shape index (κ1) is 10.5. The average molecular weight is 402 g/mol. The highest BCUT2D eigenvalue weighted by atomic mass is 32.2. The van der Waals surface area contributed by atoms with Gasteiger partial charge in [0.1, 0.15) is 11.6 Å². The Morgan fingerprint density at radius 2 is 2.15 bits per heavy atom. The molecular formula is C18H17F2N3O3S. The lowest BCUT2D eigenvalue weighted by Gasteiger charge is -2.11. The van der Waals surface area contributed by atoms with Crippen molar-refractivity contribution in [3.63, 3.8) is 0 Å². The number of fused-ring (bicyclic) bond motifs is 1. The minimum atomic E-state index is -5.48. The van der Waals surface area contributed by atoms with Crippen molar-refractivity contribution in [3.8, 4) is 11.4 Å². The second-order valence-electron chi connectivity index (χ2n) is 5.24. The van der Waals surface area contributed by atoms with Crippen LogP contribution in [0.5, 0.6) is 0 Å². The van der Waals surface area contributed by atoms with E-state index in [0.29, 0.717) is 6.92 Å². The van der Waals surface area contributed by atoms with Crippen LogP contribution in [0, 0.1) is 18.6 Å². The van der Waals surface area contributed by atoms with Crippen LogP contribution >= 0.6 is 0 Å². The summed E-state index contributed by atoms with van der Waals surface area (Å²) in [4.78, 5) is 19.3. The summed E-state index contributed by atoms with van der Waals surface area (Å²) in [5, 5.41) is 0. The monoisotopic (exact) mass is 402 g/mol. The van der Waals surface area contributed by atoms with E-state index in [2.05, 4.69) is 9.97 Å². The zero-order valence-electron chi connectivity index (χ0n) is 22.8. The van der Waals surface area contributed by atoms with Crippen LogP contribution < -0.4 is 4.72 Å². The number of anilines is 1. The molecule has 0 amide bonds. The molecule has 1 aromatic rings. The van der Waals surface area contributed by atoms with Crippen LogP contribution in [0.3, 0.4) is 0 Å². The number of carbonyl (C=O) groups excluding carboxylic acids is 1. The number of hydrogen-bond donors (Lipinski definition) is 2. The van der Waals surface area contributed by atoms with Crippen LogP contribution in [-0.2, 0) is 10.0 Å². The van der Waals surface area contributed by atoms with Crippen LogP contribution in [0.15, 0.2) is 30.5 Å². The van der Waals surface area contributed by atoms with Crippen LogP contribution in [0.1, 0.15) is 47.1 Å². The molecule has 0 saturated carbocycles. The van der Waals surface area contributed by atoms with Crippen LogP contribution in [0.25, 0.3) is 11.4 Å². The number of carbonyl (C=O) groups is 1. The van der Waals surface area contributed by atoms with Crippen molar-refractivity contribution < 1.29 is 34.3 Å². The SMILES string of the molecule is [2H]c1nc2[nH]c([2H])c(C)c([2H])c-2c1C(=O)c1c(F)c([2H])c([2H])c(NS(=O)(=O)C([2H])([2H])C([2H])([2H])C)c1F. The molecule has 6 nitrogen and oxygen atoms in total. The largest absolute Gasteiger partial charge is 0.346 e. The number of aromatic nitrogens is 2. The predicted molar refractivity (Wildman–Crippen MR) is 97.4 cm³/mol. The summed E-state index contributed by atoms with van der Waals surface area (Å²) in [5.74, 6) is -5.82. The minimum Gasteiger partial charge on any atom is -0.346 e. The summed E-state index contributed by atoms with van der Waals surface area (Å²) < 4.78 is 126. The second-order valence-corrected chi connectivity index (χ2v) is 6.65. The zero-order valence-corrected chi connectivity index (χ0v) is 14.7. The first-order valence-corrected chi connectivity index (χ1v) is 8.75. The standard InChI is InChI=1S/C18H17F2N3O3S/c1-3-6-27(25,26)23-14-5-4-13(19)15(16(14)20)17(24)12-9-22-18-11(12)7-10(2)8-21-18/h4-5,7-9,23H,3,6H2,1-2H3,(H,21,22)/i3D2,4D,5D,6D2,7D,8D,9D. The summed E-state index contributed by atoms with van der Waals surface area (Å²) in [5.41, 5.74) is -7.91. The third-order valence-corrected chi connectivity index (χ3v) is 4.28. The van der Waals surface area contributed by atoms with Gasteiger partial charge >= 0.3 is 0 Å². The molecule has 0 radical (unpaired) electrons. The first-order valence-electron chi connectivity index (χ1n) is 11.8. The third-order valence-electron chi connectivity index (χ3n) is 3.33. The zero-order chi connectivity index (χ0) is 27.7. The lowest BCUT2D eigenvalue weighted by atomic mass is 9.99. The van der Waals surface area contributed by atoms with Gasteiger partial charge in [-0.05, 0) is 37.0 Å². The number of benzene rings is 1. The van der Waals surface area contributed by atoms with Gasteiger partial charge in [0.2, 0.25) is 15.8 Å². The molecule has 2 aliphatic heterocycles. The topological polar surface area (TPSA) is 91.9 Å². The van der Waals surface area contributed by atoms with Gasteiger partial charge in [-0.1, -0.05) is 6.92 Å². The van der Waals surface area contributed by atoms with Gasteiger partial charge in [0, 0.05) is 23.4 Å². The first-order chi connectivity index (χ1) is 16.3. The van der Waals surface area contributed by atoms with Gasteiger partial charge in [0.25, 0.3) is 0 Å². The molecule has 2 N–H and O–H groups in total. The van der Waals surface area contributed by atoms with E-state index >= 15 is 4.39 Å². The second kappa shape index (κ2) is 7.07. The number of pyridine rings is 1. The predicted octanol–water partition coefficient (Wildman–Crippen LogP) is 3.48. The van der Waals surface area contributed by atoms with E-state index in [9.17, 15) is 17.6 Å². The Hall–Kier alpha value is -2.81. The van der Waals surface area contributed by atoms with E-state index in [-0.39, 0.29) is 23.1 Å². The summed E-state index contributed by atoms with van der Waals surface area (Å²) in [6.07, 6.45) is -4.15. The number of aromatic amines is 1. The Balaban J connectivity index is 2.29. The van der Waals surface area contributed by atoms with Gasteiger partial charge in [-0.2, -0.15) is 0 Å². The maximum absolute atomic E-state index is 15.4. The number of sulfonamides is 1. The van der Waals surface area contributed by atoms with Crippen molar-refractivity contribution in [3.05, 3.63) is 58.8 Å². The fourth-order valence-electron chi connectivity index (χ4n) is 2.24. The Bertz CT molecular complexity index is 1500. The molecule has 3 rings (SSSR count). The lowest BCUT2D eigenvalue weighted by molar-refractivity contribution is 0.103. The summed E-state index contributed by atoms with van der Waals surface area (Å²) in [6.45, 7) is 1.92. The maximum Gasteiger partial charge on any atom is 0.232 e. The van der Waals surface area contributed by atoms with Gasteiger partial charge < -0.3 is 4.98 Å². The maximum atomic E-state index is 15.4. The molecule has 142 valence electrons. The third kappa shape index (κ3) is 3.68. The van der Waals surface area contributed by atoms with Gasteiger partial charge in [-0.15, -0.1) is 0 Å². The highest BCUT2D eigenvalue weighted by Crippen LogP contribution is 2.30. The number of halogens is 2. The summed E-state index contributed by atoms with van der Waals surface area (Å²) >= 11 is 0. The quantitative estimate of drug-likeness (QED) is 0.618. The van der Waals surface area contributed by atoms with E-state index in [4.69, 9.17) is 12.3 Å². The molecule has 1 aromatic carbocycles. The van der Waals surface area contributed by atoms with E-state index < -0.39 is 80.6 Å². The van der Waals surface area contributed by atoms with E-state index in [1.54, 1.807) is 0 Å². The van der Waals surface area contributed by atoms with Gasteiger partial charge in [0.15, 0.2) is 5.82 Å². The Morgan fingerprint density at radius 3 is 2.85 bits per heavy atom. The van der Waals surface area contributed by atoms with Crippen molar-refractivity contribution >= 4 is 21.5 Å². The average Bonchev–Trinajstić information content (AvgIpc) is 3.08. The Labute approximate surface area is 167 Å². The van der Waals surface area contributed by atoms with Crippen molar-refractivity contribution in [2.45, 2.75) is 20.2 Å². The molecule has 2 aliphatic rings. The van der Waals surface area contributed by atoms with E-state index in [1.807, 2.05) is 0 Å². The van der Waals surface area contributed by atoms with Crippen molar-refractivity contribution in [2.75, 3.05) is 10.4 Å². The van der Waals surface area contributed by atoms with Crippen LogP contribution in [0.2, 0.25) is 0 Å². The van der Waals surface area contributed by atoms with Gasteiger partial charge in [0.05, 0.1) is 29.4 Å². The fraction of sp³-hybridized carbons (Fsp3) is 0.222. The van der Waals surface area contributed by atoms with Crippen LogP contribution in [0.4, 0.5) is 14.5 Å². The molecule has 0 atom stereocenters. The molecule has 0 spiro atoms. The molecule has 0 unspecified atom stereocenters. The fourth-order valence-corrected chi connectivity index (χ4v) is 2.96. The van der Waals surface area contributed by atoms with E-state index in [0.717, 1.165) is 0 Å². The summed E-state index contributed by atoms with van der Waals surface area (Å²) in [6, 6.07) is -3.31. The molecular weight excluding hydrogens is 376 g/mol. The Kier molecular flexibility index (Phi) is 2.75. The number of nitrogens with zero attached hydrogens (tertiary/aromatic N) is 1. The number of H-pyrrole nitrogens is 1. The highest BCUT2D eigenvalue weighted by Gasteiger charge is 2.27. The highest BCUT2D eigenvalue weighted by molar-refractivity contribution is 7.92. The number of ketones is 1. The minimum absolute atomic E-state index is 0.0112. The smallest absolute Gasteiger partial charge is 0.232 e. The molecule has 0 aromatic heterocycles. The van der Waals surface area contributed by atoms with Crippen molar-refractivity contribution in [2.24, 2.45) is 0 Å². The molecule has 9 heteroatoms. The number of rotatable bonds is 6. The summed E-state index contributed by atoms with van der Waals surface area (Å²) in [7, 11) is -5.48. The molecule has 0 bridgehead atoms. The normalized spacial score (nSPS) is 17.6. The molecule has 2 heterocycles. The molecule has 27 heavy (non-hydrogen) atoms. The van der Waals surface area contributed by atoms with Crippen molar-refractivity contribution in [1.82, 2.24) is 9.97 Å².